The molecule has 128 valence electrons. The van der Waals surface area contributed by atoms with Gasteiger partial charge < -0.3 is 10.3 Å². The van der Waals surface area contributed by atoms with Crippen LogP contribution in [0.15, 0.2) is 47.6 Å². The molecule has 1 aromatic heterocycles. The molecule has 3 rings (SSSR count). The maximum atomic E-state index is 12.4. The molecule has 3 aromatic rings. The number of hydrogen-bond acceptors (Lipinski definition) is 4. The molecule has 5 nitrogen and oxygen atoms in total. The van der Waals surface area contributed by atoms with Crippen LogP contribution in [0.1, 0.15) is 29.8 Å². The first-order chi connectivity index (χ1) is 11.9. The minimum Gasteiger partial charge on any atom is -0.333 e. The maximum absolute atomic E-state index is 12.4. The molecule has 25 heavy (non-hydrogen) atoms. The Kier molecular flexibility index (Phi) is 4.90. The van der Waals surface area contributed by atoms with Crippen LogP contribution in [-0.2, 0) is 4.79 Å². The number of rotatable bonds is 5. The second-order valence-electron chi connectivity index (χ2n) is 5.95. The zero-order valence-corrected chi connectivity index (χ0v) is 15.1. The van der Waals surface area contributed by atoms with Crippen molar-refractivity contribution in [2.75, 3.05) is 5.32 Å². The van der Waals surface area contributed by atoms with Gasteiger partial charge in [0.15, 0.2) is 10.9 Å². The summed E-state index contributed by atoms with van der Waals surface area (Å²) in [5, 5.41) is 3.26. The number of nitrogens with one attached hydrogen (secondary N) is 2. The van der Waals surface area contributed by atoms with Gasteiger partial charge in [-0.2, -0.15) is 0 Å². The standard InChI is InChI=1S/C19H19N3O2S/c1-11-4-9-16-17(10-11)22-19(21-16)25-13(3)18(24)20-15-7-5-14(6-8-15)12(2)23/h4-10,13H,1-3H3,(H,20,24)(H,21,22). The van der Waals surface area contributed by atoms with Gasteiger partial charge in [0, 0.05) is 11.3 Å². The molecule has 0 spiro atoms. The summed E-state index contributed by atoms with van der Waals surface area (Å²) in [5.74, 6) is -0.112. The third-order valence-corrected chi connectivity index (χ3v) is 4.82. The number of thioether (sulfide) groups is 1. The number of aromatic nitrogens is 2. The van der Waals surface area contributed by atoms with E-state index in [0.717, 1.165) is 21.8 Å². The van der Waals surface area contributed by atoms with E-state index < -0.39 is 0 Å². The molecule has 1 amide bonds. The molecule has 0 aliphatic heterocycles. The highest BCUT2D eigenvalue weighted by Gasteiger charge is 2.17. The molecule has 0 radical (unpaired) electrons. The van der Waals surface area contributed by atoms with Crippen molar-refractivity contribution in [1.82, 2.24) is 9.97 Å². The van der Waals surface area contributed by atoms with Crippen molar-refractivity contribution < 1.29 is 9.59 Å². The summed E-state index contributed by atoms with van der Waals surface area (Å²) in [6.45, 7) is 5.38. The Morgan fingerprint density at radius 3 is 2.56 bits per heavy atom. The Morgan fingerprint density at radius 2 is 1.88 bits per heavy atom. The summed E-state index contributed by atoms with van der Waals surface area (Å²) in [6.07, 6.45) is 0. The molecule has 0 aliphatic rings. The van der Waals surface area contributed by atoms with Gasteiger partial charge in [-0.1, -0.05) is 17.8 Å². The molecule has 6 heteroatoms. The number of fused-ring (bicyclic) bond motifs is 1. The molecule has 0 saturated heterocycles. The summed E-state index contributed by atoms with van der Waals surface area (Å²) >= 11 is 1.38. The van der Waals surface area contributed by atoms with E-state index in [0.29, 0.717) is 11.3 Å². The van der Waals surface area contributed by atoms with Gasteiger partial charge >= 0.3 is 0 Å². The molecule has 1 atom stereocenters. The Labute approximate surface area is 150 Å². The van der Waals surface area contributed by atoms with Gasteiger partial charge in [0.05, 0.1) is 16.3 Å². The second-order valence-corrected chi connectivity index (χ2v) is 7.27. The van der Waals surface area contributed by atoms with Gasteiger partial charge in [0.1, 0.15) is 0 Å². The summed E-state index contributed by atoms with van der Waals surface area (Å²) in [7, 11) is 0. The predicted molar refractivity (Wildman–Crippen MR) is 101 cm³/mol. The lowest BCUT2D eigenvalue weighted by Crippen LogP contribution is -2.22. The monoisotopic (exact) mass is 353 g/mol. The summed E-state index contributed by atoms with van der Waals surface area (Å²) in [4.78, 5) is 31.4. The lowest BCUT2D eigenvalue weighted by Gasteiger charge is -2.10. The highest BCUT2D eigenvalue weighted by Crippen LogP contribution is 2.25. The minimum atomic E-state index is -0.311. The van der Waals surface area contributed by atoms with Crippen LogP contribution in [0.2, 0.25) is 0 Å². The Bertz CT molecular complexity index is 931. The molecule has 1 heterocycles. The highest BCUT2D eigenvalue weighted by atomic mass is 32.2. The van der Waals surface area contributed by atoms with Crippen molar-refractivity contribution in [3.63, 3.8) is 0 Å². The van der Waals surface area contributed by atoms with Crippen LogP contribution in [0.4, 0.5) is 5.69 Å². The molecule has 2 N–H and O–H groups in total. The van der Waals surface area contributed by atoms with E-state index in [-0.39, 0.29) is 16.9 Å². The summed E-state index contributed by atoms with van der Waals surface area (Å²) in [6, 6.07) is 12.9. The Hall–Kier alpha value is -2.60. The number of Topliss-reactive ketones (excluding diaryl/α,β-unsaturated/α-hetero) is 1. The van der Waals surface area contributed by atoms with Gasteiger partial charge in [-0.3, -0.25) is 9.59 Å². The number of carbonyl (C=O) groups excluding carboxylic acids is 2. The Morgan fingerprint density at radius 1 is 1.16 bits per heavy atom. The molecule has 1 unspecified atom stereocenters. The predicted octanol–water partition coefficient (Wildman–Crippen LogP) is 4.19. The van der Waals surface area contributed by atoms with Crippen LogP contribution in [0.3, 0.4) is 0 Å². The minimum absolute atomic E-state index is 0.00178. The van der Waals surface area contributed by atoms with Crippen LogP contribution in [0.25, 0.3) is 11.0 Å². The number of carbonyl (C=O) groups is 2. The van der Waals surface area contributed by atoms with Gasteiger partial charge in [-0.05, 0) is 62.7 Å². The smallest absolute Gasteiger partial charge is 0.237 e. The molecule has 0 bridgehead atoms. The van der Waals surface area contributed by atoms with Crippen molar-refractivity contribution in [2.24, 2.45) is 0 Å². The SMILES string of the molecule is CC(=O)c1ccc(NC(=O)C(C)Sc2nc3ccc(C)cc3[nH]2)cc1. The van der Waals surface area contributed by atoms with E-state index in [2.05, 4.69) is 15.3 Å². The topological polar surface area (TPSA) is 74.8 Å². The number of hydrogen-bond donors (Lipinski definition) is 2. The zero-order valence-electron chi connectivity index (χ0n) is 14.3. The number of ketones is 1. The Balaban J connectivity index is 1.66. The highest BCUT2D eigenvalue weighted by molar-refractivity contribution is 8.00. The molecule has 0 fully saturated rings. The van der Waals surface area contributed by atoms with E-state index >= 15 is 0 Å². The van der Waals surface area contributed by atoms with Crippen LogP contribution in [0, 0.1) is 6.92 Å². The average Bonchev–Trinajstić information content (AvgIpc) is 2.96. The largest absolute Gasteiger partial charge is 0.333 e. The van der Waals surface area contributed by atoms with E-state index in [9.17, 15) is 9.59 Å². The number of benzene rings is 2. The fraction of sp³-hybridized carbons (Fsp3) is 0.211. The van der Waals surface area contributed by atoms with Crippen molar-refractivity contribution in [2.45, 2.75) is 31.2 Å². The lowest BCUT2D eigenvalue weighted by molar-refractivity contribution is -0.115. The van der Waals surface area contributed by atoms with Crippen molar-refractivity contribution in [1.29, 1.82) is 0 Å². The first kappa shape index (κ1) is 17.2. The zero-order chi connectivity index (χ0) is 18.0. The number of aryl methyl sites for hydroxylation is 1. The molecular formula is C19H19N3O2S. The number of anilines is 1. The molecule has 0 aliphatic carbocycles. The van der Waals surface area contributed by atoms with E-state index in [1.54, 1.807) is 24.3 Å². The first-order valence-corrected chi connectivity index (χ1v) is 8.85. The van der Waals surface area contributed by atoms with Crippen LogP contribution in [0.5, 0.6) is 0 Å². The fourth-order valence-corrected chi connectivity index (χ4v) is 3.23. The lowest BCUT2D eigenvalue weighted by atomic mass is 10.1. The number of imidazole rings is 1. The fourth-order valence-electron chi connectivity index (χ4n) is 2.41. The van der Waals surface area contributed by atoms with Gasteiger partial charge in [-0.15, -0.1) is 0 Å². The van der Waals surface area contributed by atoms with Crippen LogP contribution in [-0.4, -0.2) is 26.9 Å². The van der Waals surface area contributed by atoms with Gasteiger partial charge in [0.2, 0.25) is 5.91 Å². The third kappa shape index (κ3) is 4.09. The maximum Gasteiger partial charge on any atom is 0.237 e. The quantitative estimate of drug-likeness (QED) is 0.533. The van der Waals surface area contributed by atoms with Crippen LogP contribution >= 0.6 is 11.8 Å². The summed E-state index contributed by atoms with van der Waals surface area (Å²) in [5.41, 5.74) is 4.31. The molecule has 0 saturated carbocycles. The van der Waals surface area contributed by atoms with Crippen molar-refractivity contribution >= 4 is 40.2 Å². The first-order valence-electron chi connectivity index (χ1n) is 7.97. The second kappa shape index (κ2) is 7.11. The number of nitrogens with zero attached hydrogens (tertiary/aromatic N) is 1. The number of amides is 1. The van der Waals surface area contributed by atoms with E-state index in [1.807, 2.05) is 32.0 Å². The van der Waals surface area contributed by atoms with Crippen molar-refractivity contribution in [3.8, 4) is 0 Å². The van der Waals surface area contributed by atoms with Crippen molar-refractivity contribution in [3.05, 3.63) is 53.6 Å². The van der Waals surface area contributed by atoms with Gasteiger partial charge in [-0.25, -0.2) is 4.98 Å². The van der Waals surface area contributed by atoms with Crippen LogP contribution < -0.4 is 5.32 Å². The molecular weight excluding hydrogens is 334 g/mol. The summed E-state index contributed by atoms with van der Waals surface area (Å²) < 4.78 is 0. The normalized spacial score (nSPS) is 12.1. The average molecular weight is 353 g/mol. The third-order valence-electron chi connectivity index (χ3n) is 3.83. The number of H-pyrrole nitrogens is 1. The van der Waals surface area contributed by atoms with E-state index in [4.69, 9.17) is 0 Å². The molecule has 2 aromatic carbocycles. The van der Waals surface area contributed by atoms with Gasteiger partial charge in [0.25, 0.3) is 0 Å². The van der Waals surface area contributed by atoms with E-state index in [1.165, 1.54) is 18.7 Å². The number of aromatic amines is 1.